The van der Waals surface area contributed by atoms with Crippen LogP contribution in [0.1, 0.15) is 39.1 Å². The molecule has 19 heavy (non-hydrogen) atoms. The first-order chi connectivity index (χ1) is 8.74. The summed E-state index contributed by atoms with van der Waals surface area (Å²) in [7, 11) is -0.924. The number of alkyl halides is 2. The molecule has 1 unspecified atom stereocenters. The predicted molar refractivity (Wildman–Crippen MR) is 71.3 cm³/mol. The van der Waals surface area contributed by atoms with E-state index in [0.717, 1.165) is 0 Å². The highest BCUT2D eigenvalue weighted by atomic mass is 19.3. The molecule has 0 bridgehead atoms. The van der Waals surface area contributed by atoms with Crippen LogP contribution < -0.4 is 0 Å². The van der Waals surface area contributed by atoms with Crippen LogP contribution in [0.15, 0.2) is 30.3 Å². The smallest absolute Gasteiger partial charge is 0.403 e. The van der Waals surface area contributed by atoms with Crippen LogP contribution in [0.3, 0.4) is 0 Å². The highest BCUT2D eigenvalue weighted by Crippen LogP contribution is 2.42. The Balaban J connectivity index is 2.29. The van der Waals surface area contributed by atoms with E-state index in [0.29, 0.717) is 5.56 Å². The summed E-state index contributed by atoms with van der Waals surface area (Å²) >= 11 is 0. The molecular formula is C14H19BF2O2. The van der Waals surface area contributed by atoms with Gasteiger partial charge in [-0.1, -0.05) is 30.3 Å². The molecule has 1 aliphatic rings. The Labute approximate surface area is 113 Å². The summed E-state index contributed by atoms with van der Waals surface area (Å²) in [5, 5.41) is 0. The van der Waals surface area contributed by atoms with Crippen LogP contribution in [-0.4, -0.2) is 24.7 Å². The van der Waals surface area contributed by atoms with Gasteiger partial charge in [0.05, 0.1) is 17.0 Å². The molecule has 0 aliphatic carbocycles. The average molecular weight is 268 g/mol. The van der Waals surface area contributed by atoms with E-state index in [1.807, 2.05) is 27.7 Å². The van der Waals surface area contributed by atoms with E-state index in [4.69, 9.17) is 9.31 Å². The van der Waals surface area contributed by atoms with E-state index in [2.05, 4.69) is 0 Å². The summed E-state index contributed by atoms with van der Waals surface area (Å²) in [5.74, 6) is -1.07. The summed E-state index contributed by atoms with van der Waals surface area (Å²) < 4.78 is 38.2. The standard InChI is InChI=1S/C14H19BF2O2/c1-13(2)14(3,4)19-15(18-13)11(12(16)17)10-8-6-5-7-9-10/h5-9,11-12H,1-4H3. The zero-order chi connectivity index (χ0) is 14.3. The predicted octanol–water partition coefficient (Wildman–Crippen LogP) is 3.67. The van der Waals surface area contributed by atoms with Crippen molar-refractivity contribution in [1.82, 2.24) is 0 Å². The quantitative estimate of drug-likeness (QED) is 0.779. The van der Waals surface area contributed by atoms with Crippen molar-refractivity contribution in [3.8, 4) is 0 Å². The maximum atomic E-state index is 13.4. The van der Waals surface area contributed by atoms with Gasteiger partial charge in [-0.05, 0) is 33.3 Å². The van der Waals surface area contributed by atoms with Crippen molar-refractivity contribution in [3.05, 3.63) is 35.9 Å². The molecule has 2 rings (SSSR count). The van der Waals surface area contributed by atoms with Gasteiger partial charge in [0, 0.05) is 0 Å². The number of rotatable bonds is 3. The van der Waals surface area contributed by atoms with Gasteiger partial charge < -0.3 is 9.31 Å². The third-order valence-corrected chi connectivity index (χ3v) is 4.02. The number of halogens is 2. The molecule has 1 heterocycles. The van der Waals surface area contributed by atoms with E-state index in [-0.39, 0.29) is 0 Å². The normalized spacial score (nSPS) is 22.8. The molecule has 1 aromatic rings. The Hall–Kier alpha value is -0.935. The third kappa shape index (κ3) is 2.67. The zero-order valence-corrected chi connectivity index (χ0v) is 11.7. The highest BCUT2D eigenvalue weighted by molar-refractivity contribution is 6.47. The van der Waals surface area contributed by atoms with E-state index in [1.165, 1.54) is 0 Å². The second kappa shape index (κ2) is 4.87. The molecular weight excluding hydrogens is 249 g/mol. The highest BCUT2D eigenvalue weighted by Gasteiger charge is 2.55. The van der Waals surface area contributed by atoms with Gasteiger partial charge in [-0.15, -0.1) is 0 Å². The SMILES string of the molecule is CC1(C)OB(C(c2ccccc2)C(F)F)OC1(C)C. The minimum atomic E-state index is -2.53. The number of hydrogen-bond acceptors (Lipinski definition) is 2. The zero-order valence-electron chi connectivity index (χ0n) is 11.7. The van der Waals surface area contributed by atoms with Crippen LogP contribution in [0.2, 0.25) is 0 Å². The monoisotopic (exact) mass is 268 g/mol. The van der Waals surface area contributed by atoms with Crippen molar-refractivity contribution in [2.75, 3.05) is 0 Å². The second-order valence-electron chi connectivity index (χ2n) is 5.90. The largest absolute Gasteiger partial charge is 0.471 e. The van der Waals surface area contributed by atoms with Crippen molar-refractivity contribution < 1.29 is 18.1 Å². The molecule has 0 saturated carbocycles. The lowest BCUT2D eigenvalue weighted by molar-refractivity contribution is 0.00578. The first kappa shape index (κ1) is 14.5. The number of benzene rings is 1. The molecule has 104 valence electrons. The first-order valence-corrected chi connectivity index (χ1v) is 6.43. The van der Waals surface area contributed by atoms with Gasteiger partial charge in [-0.2, -0.15) is 0 Å². The molecule has 0 radical (unpaired) electrons. The molecule has 1 aliphatic heterocycles. The van der Waals surface area contributed by atoms with Crippen molar-refractivity contribution in [1.29, 1.82) is 0 Å². The second-order valence-corrected chi connectivity index (χ2v) is 5.90. The first-order valence-electron chi connectivity index (χ1n) is 6.43. The van der Waals surface area contributed by atoms with Crippen molar-refractivity contribution in [2.24, 2.45) is 0 Å². The Bertz CT molecular complexity index is 418. The van der Waals surface area contributed by atoms with E-state index >= 15 is 0 Å². The molecule has 0 N–H and O–H groups in total. The fourth-order valence-corrected chi connectivity index (χ4v) is 2.13. The fraction of sp³-hybridized carbons (Fsp3) is 0.571. The van der Waals surface area contributed by atoms with Crippen molar-refractivity contribution in [3.63, 3.8) is 0 Å². The van der Waals surface area contributed by atoms with Crippen molar-refractivity contribution in [2.45, 2.75) is 51.1 Å². The maximum Gasteiger partial charge on any atom is 0.471 e. The van der Waals surface area contributed by atoms with Crippen LogP contribution in [0.5, 0.6) is 0 Å². The molecule has 1 fully saturated rings. The molecule has 5 heteroatoms. The van der Waals surface area contributed by atoms with Gasteiger partial charge in [-0.3, -0.25) is 0 Å². The molecule has 1 saturated heterocycles. The minimum Gasteiger partial charge on any atom is -0.403 e. The lowest BCUT2D eigenvalue weighted by Crippen LogP contribution is -2.41. The van der Waals surface area contributed by atoms with Gasteiger partial charge in [0.2, 0.25) is 6.43 Å². The molecule has 0 spiro atoms. The Morgan fingerprint density at radius 2 is 1.42 bits per heavy atom. The van der Waals surface area contributed by atoms with Gasteiger partial charge in [0.15, 0.2) is 0 Å². The topological polar surface area (TPSA) is 18.5 Å². The maximum absolute atomic E-state index is 13.4. The lowest BCUT2D eigenvalue weighted by atomic mass is 9.68. The Morgan fingerprint density at radius 3 is 1.84 bits per heavy atom. The molecule has 1 atom stereocenters. The van der Waals surface area contributed by atoms with Crippen LogP contribution in [-0.2, 0) is 9.31 Å². The van der Waals surface area contributed by atoms with Crippen molar-refractivity contribution >= 4 is 7.12 Å². The van der Waals surface area contributed by atoms with Gasteiger partial charge >= 0.3 is 7.12 Å². The van der Waals surface area contributed by atoms with E-state index in [9.17, 15) is 8.78 Å². The van der Waals surface area contributed by atoms with Crippen LogP contribution in [0.4, 0.5) is 8.78 Å². The summed E-state index contributed by atoms with van der Waals surface area (Å²) in [5.41, 5.74) is -0.657. The summed E-state index contributed by atoms with van der Waals surface area (Å²) in [6.45, 7) is 7.45. The van der Waals surface area contributed by atoms with Gasteiger partial charge in [0.1, 0.15) is 0 Å². The summed E-state index contributed by atoms with van der Waals surface area (Å²) in [6, 6.07) is 8.66. The van der Waals surface area contributed by atoms with E-state index in [1.54, 1.807) is 30.3 Å². The molecule has 1 aromatic carbocycles. The fourth-order valence-electron chi connectivity index (χ4n) is 2.13. The van der Waals surface area contributed by atoms with Crippen LogP contribution in [0, 0.1) is 0 Å². The third-order valence-electron chi connectivity index (χ3n) is 4.02. The van der Waals surface area contributed by atoms with Crippen LogP contribution in [0.25, 0.3) is 0 Å². The Kier molecular flexibility index (Phi) is 3.71. The minimum absolute atomic E-state index is 0.538. The summed E-state index contributed by atoms with van der Waals surface area (Å²) in [4.78, 5) is 0. The van der Waals surface area contributed by atoms with E-state index < -0.39 is 30.6 Å². The van der Waals surface area contributed by atoms with Gasteiger partial charge in [0.25, 0.3) is 0 Å². The molecule has 0 aromatic heterocycles. The molecule has 0 amide bonds. The average Bonchev–Trinajstić information content (AvgIpc) is 2.48. The van der Waals surface area contributed by atoms with Crippen LogP contribution >= 0.6 is 0 Å². The lowest BCUT2D eigenvalue weighted by Gasteiger charge is -2.32. The Morgan fingerprint density at radius 1 is 0.947 bits per heavy atom. The number of hydrogen-bond donors (Lipinski definition) is 0. The molecule has 2 nitrogen and oxygen atoms in total. The van der Waals surface area contributed by atoms with Gasteiger partial charge in [-0.25, -0.2) is 8.78 Å². The summed E-state index contributed by atoms with van der Waals surface area (Å²) in [6.07, 6.45) is -2.53.